The first-order valence-corrected chi connectivity index (χ1v) is 15.6. The number of carbonyl (C=O) groups excluding carboxylic acids is 1. The van der Waals surface area contributed by atoms with Crippen LogP contribution in [0.1, 0.15) is 24.6 Å². The average Bonchev–Trinajstić information content (AvgIpc) is 3.52. The van der Waals surface area contributed by atoms with Gasteiger partial charge in [0.05, 0.1) is 22.4 Å². The molecule has 10 nitrogen and oxygen atoms in total. The molecule has 2 aliphatic heterocycles. The van der Waals surface area contributed by atoms with Crippen LogP contribution in [0.5, 0.6) is 0 Å². The van der Waals surface area contributed by atoms with Gasteiger partial charge in [-0.05, 0) is 37.7 Å². The Labute approximate surface area is 220 Å². The molecule has 1 amide bonds. The molecule has 12 heteroatoms. The Morgan fingerprint density at radius 1 is 1.24 bits per heavy atom. The van der Waals surface area contributed by atoms with Crippen LogP contribution >= 0.6 is 0 Å². The van der Waals surface area contributed by atoms with Gasteiger partial charge in [-0.3, -0.25) is 24.5 Å². The molecule has 2 aliphatic rings. The van der Waals surface area contributed by atoms with Crippen LogP contribution in [0.3, 0.4) is 0 Å². The number of nitro groups is 1. The summed E-state index contributed by atoms with van der Waals surface area (Å²) in [6.45, 7) is 5.38. The molecular weight excluding hydrogens is 509 g/mol. The van der Waals surface area contributed by atoms with Crippen molar-refractivity contribution in [3.63, 3.8) is 0 Å². The number of para-hydroxylation sites is 1. The van der Waals surface area contributed by atoms with Crippen molar-refractivity contribution in [2.75, 3.05) is 11.5 Å². The zero-order chi connectivity index (χ0) is 27.2. The minimum absolute atomic E-state index is 0.0419. The van der Waals surface area contributed by atoms with Crippen LogP contribution in [0.2, 0.25) is 18.6 Å². The van der Waals surface area contributed by atoms with Crippen molar-refractivity contribution in [3.8, 4) is 0 Å². The van der Waals surface area contributed by atoms with E-state index in [0.29, 0.717) is 42.0 Å². The number of hydrogen-bond donors (Lipinski definition) is 1. The standard InChI is InChI=1S/C26H30FN5O5Si/c1-17-24(38(2,3)27)23(11-13-30-16-18(12-14-33)28-29-30)37-26(17)21-15-20(32(35)36)9-10-22(21)31(25(26)34)19-7-5-4-6-8-19/h4-10,15-17,23-24,33H,11-14H2,1-3H3/t17-,23+,24-,26+/m0/s1. The van der Waals surface area contributed by atoms with E-state index in [4.69, 9.17) is 9.84 Å². The predicted molar refractivity (Wildman–Crippen MR) is 140 cm³/mol. The van der Waals surface area contributed by atoms with E-state index in [1.54, 1.807) is 42.2 Å². The number of halogens is 1. The SMILES string of the molecule is C[C@H]1[C@H]([Si](C)(C)F)[C@@H](CCn2cc(CCO)nn2)O[C@]12C(=O)N(c1ccccc1)c1ccc([N+](=O)[O-])cc12. The Hall–Kier alpha value is -3.48. The highest BCUT2D eigenvalue weighted by Crippen LogP contribution is 2.61. The molecule has 1 N–H and O–H groups in total. The molecule has 4 atom stereocenters. The smallest absolute Gasteiger partial charge is 0.269 e. The van der Waals surface area contributed by atoms with Gasteiger partial charge in [0, 0.05) is 60.6 Å². The number of aromatic nitrogens is 3. The molecule has 3 heterocycles. The van der Waals surface area contributed by atoms with Gasteiger partial charge in [-0.1, -0.05) is 30.3 Å². The maximum Gasteiger partial charge on any atom is 0.269 e. The number of ether oxygens (including phenoxy) is 1. The van der Waals surface area contributed by atoms with Crippen molar-refractivity contribution >= 4 is 31.4 Å². The highest BCUT2D eigenvalue weighted by atomic mass is 28.4. The van der Waals surface area contributed by atoms with Crippen LogP contribution in [0.15, 0.2) is 54.7 Å². The molecule has 5 rings (SSSR count). The van der Waals surface area contributed by atoms with E-state index in [-0.39, 0.29) is 18.2 Å². The molecule has 0 radical (unpaired) electrons. The Morgan fingerprint density at radius 3 is 2.63 bits per heavy atom. The fourth-order valence-corrected chi connectivity index (χ4v) is 8.66. The van der Waals surface area contributed by atoms with Crippen molar-refractivity contribution in [2.45, 2.75) is 56.7 Å². The summed E-state index contributed by atoms with van der Waals surface area (Å²) in [5.74, 6) is -0.940. The zero-order valence-corrected chi connectivity index (χ0v) is 22.5. The normalized spacial score (nSPS) is 24.8. The molecule has 1 aromatic heterocycles. The Morgan fingerprint density at radius 2 is 1.97 bits per heavy atom. The van der Waals surface area contributed by atoms with E-state index in [1.807, 2.05) is 25.1 Å². The van der Waals surface area contributed by atoms with Gasteiger partial charge in [-0.2, -0.15) is 0 Å². The number of aliphatic hydroxyl groups excluding tert-OH is 1. The second kappa shape index (κ2) is 9.68. The molecule has 0 saturated carbocycles. The number of carbonyl (C=O) groups is 1. The van der Waals surface area contributed by atoms with Gasteiger partial charge >= 0.3 is 0 Å². The molecule has 1 spiro atoms. The third-order valence-electron chi connectivity index (χ3n) is 7.67. The largest absolute Gasteiger partial charge is 0.396 e. The topological polar surface area (TPSA) is 124 Å². The number of aliphatic hydroxyl groups is 1. The van der Waals surface area contributed by atoms with Gasteiger partial charge in [-0.25, -0.2) is 0 Å². The first-order valence-electron chi connectivity index (χ1n) is 12.6. The van der Waals surface area contributed by atoms with Crippen molar-refractivity contribution < 1.29 is 23.7 Å². The van der Waals surface area contributed by atoms with E-state index < -0.39 is 36.5 Å². The van der Waals surface area contributed by atoms with E-state index in [9.17, 15) is 14.9 Å². The van der Waals surface area contributed by atoms with Crippen LogP contribution < -0.4 is 4.90 Å². The minimum atomic E-state index is -3.39. The number of fused-ring (bicyclic) bond motifs is 2. The number of benzene rings is 2. The van der Waals surface area contributed by atoms with E-state index in [0.717, 1.165) is 0 Å². The molecule has 1 saturated heterocycles. The van der Waals surface area contributed by atoms with Crippen molar-refractivity contribution in [3.05, 3.63) is 76.1 Å². The summed E-state index contributed by atoms with van der Waals surface area (Å²) >= 11 is 0. The zero-order valence-electron chi connectivity index (χ0n) is 21.5. The van der Waals surface area contributed by atoms with E-state index in [2.05, 4.69) is 10.3 Å². The van der Waals surface area contributed by atoms with Gasteiger partial charge in [0.1, 0.15) is 0 Å². The lowest BCUT2D eigenvalue weighted by Gasteiger charge is -2.31. The van der Waals surface area contributed by atoms with Crippen molar-refractivity contribution in [2.24, 2.45) is 5.92 Å². The van der Waals surface area contributed by atoms with Crippen LogP contribution in [-0.2, 0) is 28.1 Å². The average molecular weight is 540 g/mol. The lowest BCUT2D eigenvalue weighted by Crippen LogP contribution is -2.44. The number of aryl methyl sites for hydroxylation is 1. The molecule has 2 aromatic carbocycles. The van der Waals surface area contributed by atoms with Gasteiger partial charge in [0.25, 0.3) is 11.6 Å². The van der Waals surface area contributed by atoms with Crippen molar-refractivity contribution in [1.82, 2.24) is 15.0 Å². The van der Waals surface area contributed by atoms with Gasteiger partial charge in [-0.15, -0.1) is 5.10 Å². The van der Waals surface area contributed by atoms with E-state index >= 15 is 4.11 Å². The molecule has 0 bridgehead atoms. The third-order valence-corrected chi connectivity index (χ3v) is 10.1. The summed E-state index contributed by atoms with van der Waals surface area (Å²) in [6.07, 6.45) is 1.87. The number of nitro benzene ring substituents is 1. The summed E-state index contributed by atoms with van der Waals surface area (Å²) in [5.41, 5.74) is -0.116. The second-order valence-electron chi connectivity index (χ2n) is 10.4. The quantitative estimate of drug-likeness (QED) is 0.196. The summed E-state index contributed by atoms with van der Waals surface area (Å²) in [5, 5.41) is 29.0. The lowest BCUT2D eigenvalue weighted by atomic mass is 9.82. The number of nitrogens with zero attached hydrogens (tertiary/aromatic N) is 5. The molecule has 3 aromatic rings. The maximum absolute atomic E-state index is 16.0. The monoisotopic (exact) mass is 539 g/mol. The molecule has 1 fully saturated rings. The number of rotatable bonds is 8. The molecule has 38 heavy (non-hydrogen) atoms. The number of amides is 1. The first kappa shape index (κ1) is 26.1. The molecule has 200 valence electrons. The highest BCUT2D eigenvalue weighted by molar-refractivity contribution is 6.72. The summed E-state index contributed by atoms with van der Waals surface area (Å²) in [4.78, 5) is 27.0. The van der Waals surface area contributed by atoms with Crippen LogP contribution in [0, 0.1) is 16.0 Å². The molecular formula is C26H30FN5O5Si. The number of anilines is 2. The predicted octanol–water partition coefficient (Wildman–Crippen LogP) is 4.26. The summed E-state index contributed by atoms with van der Waals surface area (Å²) in [6, 6.07) is 13.4. The van der Waals surface area contributed by atoms with E-state index in [1.165, 1.54) is 17.0 Å². The van der Waals surface area contributed by atoms with Crippen molar-refractivity contribution in [1.29, 1.82) is 0 Å². The fourth-order valence-electron chi connectivity index (χ4n) is 6.11. The van der Waals surface area contributed by atoms with Gasteiger partial charge in [0.2, 0.25) is 8.41 Å². The Bertz CT molecular complexity index is 1360. The first-order chi connectivity index (χ1) is 18.1. The number of non-ortho nitro benzene ring substituents is 1. The van der Waals surface area contributed by atoms with Crippen LogP contribution in [-0.4, -0.2) is 52.0 Å². The Kier molecular flexibility index (Phi) is 6.66. The second-order valence-corrected chi connectivity index (χ2v) is 14.2. The maximum atomic E-state index is 16.0. The Balaban J connectivity index is 1.58. The van der Waals surface area contributed by atoms with Crippen LogP contribution in [0.25, 0.3) is 0 Å². The molecule has 0 aliphatic carbocycles. The third kappa shape index (κ3) is 4.22. The minimum Gasteiger partial charge on any atom is -0.396 e. The fraction of sp³-hybridized carbons (Fsp3) is 0.423. The molecule has 0 unspecified atom stereocenters. The number of hydrogen-bond acceptors (Lipinski definition) is 7. The highest BCUT2D eigenvalue weighted by Gasteiger charge is 2.67. The summed E-state index contributed by atoms with van der Waals surface area (Å²) < 4.78 is 24.2. The van der Waals surface area contributed by atoms with Gasteiger partial charge < -0.3 is 14.0 Å². The van der Waals surface area contributed by atoms with Gasteiger partial charge in [0.15, 0.2) is 5.60 Å². The summed E-state index contributed by atoms with van der Waals surface area (Å²) in [7, 11) is -3.39. The lowest BCUT2D eigenvalue weighted by molar-refractivity contribution is -0.385. The van der Waals surface area contributed by atoms with Crippen LogP contribution in [0.4, 0.5) is 21.2 Å².